The van der Waals surface area contributed by atoms with Gasteiger partial charge in [0.05, 0.1) is 19.8 Å². The first-order valence-corrected chi connectivity index (χ1v) is 28.2. The van der Waals surface area contributed by atoms with Crippen molar-refractivity contribution in [3.8, 4) is 0 Å². The molecule has 6 unspecified atom stereocenters. The smallest absolute Gasteiger partial charge is 0.397 e. The lowest BCUT2D eigenvalue weighted by Crippen LogP contribution is -2.60. The van der Waals surface area contributed by atoms with Gasteiger partial charge in [-0.15, -0.1) is 0 Å². The van der Waals surface area contributed by atoms with Crippen molar-refractivity contribution in [2.24, 2.45) is 0 Å². The highest BCUT2D eigenvalue weighted by molar-refractivity contribution is 7.80. The Morgan fingerprint density at radius 3 is 1.46 bits per heavy atom. The van der Waals surface area contributed by atoms with E-state index < -0.39 is 59.8 Å². The molecular formula is C56H96O12S. The van der Waals surface area contributed by atoms with E-state index in [0.717, 1.165) is 103 Å². The summed E-state index contributed by atoms with van der Waals surface area (Å²) in [5, 5.41) is 30.8. The fourth-order valence-corrected chi connectivity index (χ4v) is 8.24. The molecule has 1 rings (SSSR count). The van der Waals surface area contributed by atoms with Crippen molar-refractivity contribution in [1.29, 1.82) is 0 Å². The number of hydrogen-bond acceptors (Lipinski definition) is 11. The maximum Gasteiger partial charge on any atom is 0.397 e. The van der Waals surface area contributed by atoms with Crippen molar-refractivity contribution in [3.63, 3.8) is 0 Å². The van der Waals surface area contributed by atoms with Crippen LogP contribution in [0.4, 0.5) is 0 Å². The third-order valence-corrected chi connectivity index (χ3v) is 12.2. The summed E-state index contributed by atoms with van der Waals surface area (Å²) in [6.45, 7) is 3.83. The standard InChI is InChI=1S/C56H96O12S/c1-3-5-7-9-11-13-15-17-19-21-22-23-24-25-26-27-28-29-30-32-34-36-38-40-42-44-46-64-48-50(49-65-56-54(60)55(68-69(61,62)63)53(59)51(47-57)67-56)66-52(58)45-43-41-39-37-35-33-31-20-18-16-14-12-10-8-6-4-2/h5,7,11,13-14,16-17,19-20,22-23,25-26,31,50-51,53-57,59-60H,3-4,6,8-10,12,15,18,21,24,27-30,32-49H2,1-2H3,(H,61,62,63)/b7-5-,13-11-,16-14-,19-17-,23-22-,26-25-,31-20-. The van der Waals surface area contributed by atoms with E-state index in [1.54, 1.807) is 0 Å². The zero-order valence-corrected chi connectivity index (χ0v) is 43.7. The normalized spacial score (nSPS) is 19.9. The topological polar surface area (TPSA) is 178 Å². The van der Waals surface area contributed by atoms with Crippen molar-refractivity contribution in [3.05, 3.63) is 85.1 Å². The zero-order valence-electron chi connectivity index (χ0n) is 42.8. The number of esters is 1. The average Bonchev–Trinajstić information content (AvgIpc) is 3.32. The molecule has 0 aromatic rings. The quantitative estimate of drug-likeness (QED) is 0.0197. The summed E-state index contributed by atoms with van der Waals surface area (Å²) in [6.07, 6.45) is 53.3. The van der Waals surface area contributed by atoms with Crippen LogP contribution in [-0.4, -0.2) is 97.5 Å². The molecule has 12 nitrogen and oxygen atoms in total. The third kappa shape index (κ3) is 39.6. The monoisotopic (exact) mass is 993 g/mol. The Morgan fingerprint density at radius 2 is 1.00 bits per heavy atom. The second-order valence-electron chi connectivity index (χ2n) is 18.1. The molecule has 0 aliphatic carbocycles. The van der Waals surface area contributed by atoms with Crippen LogP contribution in [0.15, 0.2) is 85.1 Å². The largest absolute Gasteiger partial charge is 0.457 e. The van der Waals surface area contributed by atoms with Crippen LogP contribution in [0.5, 0.6) is 0 Å². The summed E-state index contributed by atoms with van der Waals surface area (Å²) in [4.78, 5) is 12.9. The fraction of sp³-hybridized carbons (Fsp3) is 0.732. The van der Waals surface area contributed by atoms with E-state index in [4.69, 9.17) is 18.9 Å². The first kappa shape index (κ1) is 64.3. The molecule has 1 aliphatic heterocycles. The Hall–Kier alpha value is -2.72. The molecule has 0 spiro atoms. The molecule has 0 amide bonds. The molecular weight excluding hydrogens is 897 g/mol. The van der Waals surface area contributed by atoms with Gasteiger partial charge in [0.25, 0.3) is 0 Å². The lowest BCUT2D eigenvalue weighted by Gasteiger charge is -2.41. The van der Waals surface area contributed by atoms with Gasteiger partial charge in [-0.2, -0.15) is 8.42 Å². The van der Waals surface area contributed by atoms with E-state index in [1.165, 1.54) is 70.6 Å². The number of carbonyl (C=O) groups is 1. The summed E-state index contributed by atoms with van der Waals surface area (Å²) in [6, 6.07) is 0. The molecule has 6 atom stereocenters. The minimum atomic E-state index is -5.07. The van der Waals surface area contributed by atoms with Crippen LogP contribution in [0.2, 0.25) is 0 Å². The molecule has 0 radical (unpaired) electrons. The predicted molar refractivity (Wildman–Crippen MR) is 280 cm³/mol. The number of ether oxygens (including phenoxy) is 4. The van der Waals surface area contributed by atoms with E-state index in [1.807, 2.05) is 0 Å². The van der Waals surface area contributed by atoms with Crippen LogP contribution >= 0.6 is 0 Å². The lowest BCUT2D eigenvalue weighted by atomic mass is 9.99. The molecule has 0 bridgehead atoms. The molecule has 0 saturated carbocycles. The van der Waals surface area contributed by atoms with E-state index in [9.17, 15) is 33.1 Å². The van der Waals surface area contributed by atoms with Gasteiger partial charge in [0.2, 0.25) is 0 Å². The first-order valence-electron chi connectivity index (χ1n) is 26.8. The van der Waals surface area contributed by atoms with Crippen LogP contribution in [0.1, 0.15) is 200 Å². The fourth-order valence-electron chi connectivity index (χ4n) is 7.73. The Balaban J connectivity index is 2.33. The summed E-state index contributed by atoms with van der Waals surface area (Å²) in [7, 11) is -5.07. The van der Waals surface area contributed by atoms with Gasteiger partial charge >= 0.3 is 16.4 Å². The molecule has 0 aromatic heterocycles. The van der Waals surface area contributed by atoms with Crippen LogP contribution < -0.4 is 0 Å². The summed E-state index contributed by atoms with van der Waals surface area (Å²) in [5.41, 5.74) is 0. The van der Waals surface area contributed by atoms with Crippen LogP contribution in [0.25, 0.3) is 0 Å². The molecule has 13 heteroatoms. The number of unbranched alkanes of at least 4 members (excludes halogenated alkanes) is 19. The molecule has 1 saturated heterocycles. The summed E-state index contributed by atoms with van der Waals surface area (Å²) in [5.74, 6) is -0.416. The molecule has 0 aromatic carbocycles. The van der Waals surface area contributed by atoms with Crippen molar-refractivity contribution in [1.82, 2.24) is 0 Å². The SMILES string of the molecule is CC/C=C\C/C=C\C/C=C\C/C=C\C/C=C\CCCCCCCCCCCCOCC(COC1OC(CO)C(O)C(OS(=O)(=O)O)C1O)OC(=O)CCCCCCC/C=C\C/C=C\CCCCCC. The number of aliphatic hydroxyl groups is 3. The van der Waals surface area contributed by atoms with Gasteiger partial charge in [0.15, 0.2) is 6.29 Å². The number of aliphatic hydroxyl groups excluding tert-OH is 3. The van der Waals surface area contributed by atoms with E-state index >= 15 is 0 Å². The number of allylic oxidation sites excluding steroid dienone is 14. The van der Waals surface area contributed by atoms with Crippen molar-refractivity contribution in [2.45, 2.75) is 237 Å². The second kappa shape index (κ2) is 46.4. The molecule has 1 heterocycles. The van der Waals surface area contributed by atoms with Gasteiger partial charge in [-0.1, -0.05) is 189 Å². The van der Waals surface area contributed by atoms with Gasteiger partial charge in [-0.25, -0.2) is 4.18 Å². The highest BCUT2D eigenvalue weighted by Gasteiger charge is 2.48. The van der Waals surface area contributed by atoms with Crippen LogP contribution in [-0.2, 0) is 38.3 Å². The van der Waals surface area contributed by atoms with Gasteiger partial charge in [0.1, 0.15) is 30.5 Å². The molecule has 1 aliphatic rings. The van der Waals surface area contributed by atoms with Crippen molar-refractivity contribution in [2.75, 3.05) is 26.4 Å². The van der Waals surface area contributed by atoms with Gasteiger partial charge in [-0.3, -0.25) is 9.35 Å². The Bertz CT molecular complexity index is 1520. The number of carbonyl (C=O) groups excluding carboxylic acids is 1. The molecule has 69 heavy (non-hydrogen) atoms. The maximum absolute atomic E-state index is 12.9. The molecule has 4 N–H and O–H groups in total. The Labute approximate surface area is 419 Å². The van der Waals surface area contributed by atoms with E-state index in [-0.39, 0.29) is 19.6 Å². The number of hydrogen-bond donors (Lipinski definition) is 4. The summed E-state index contributed by atoms with van der Waals surface area (Å²) >= 11 is 0. The Morgan fingerprint density at radius 1 is 0.565 bits per heavy atom. The first-order chi connectivity index (χ1) is 33.6. The zero-order chi connectivity index (χ0) is 50.3. The van der Waals surface area contributed by atoms with E-state index in [2.05, 4.69) is 103 Å². The highest BCUT2D eigenvalue weighted by atomic mass is 32.3. The minimum Gasteiger partial charge on any atom is -0.457 e. The molecule has 398 valence electrons. The molecule has 1 fully saturated rings. The van der Waals surface area contributed by atoms with E-state index in [0.29, 0.717) is 13.0 Å². The third-order valence-electron chi connectivity index (χ3n) is 11.8. The van der Waals surface area contributed by atoms with Gasteiger partial charge in [-0.05, 0) is 89.9 Å². The Kier molecular flexibility index (Phi) is 43.2. The van der Waals surface area contributed by atoms with Gasteiger partial charge in [0, 0.05) is 13.0 Å². The van der Waals surface area contributed by atoms with Crippen LogP contribution in [0, 0.1) is 0 Å². The second-order valence-corrected chi connectivity index (χ2v) is 19.1. The highest BCUT2D eigenvalue weighted by Crippen LogP contribution is 2.26. The number of rotatable bonds is 46. The predicted octanol–water partition coefficient (Wildman–Crippen LogP) is 12.8. The maximum atomic E-state index is 12.9. The summed E-state index contributed by atoms with van der Waals surface area (Å²) < 4.78 is 59.3. The van der Waals surface area contributed by atoms with Crippen molar-refractivity contribution >= 4 is 16.4 Å². The van der Waals surface area contributed by atoms with Crippen molar-refractivity contribution < 1.29 is 56.2 Å². The van der Waals surface area contributed by atoms with Gasteiger partial charge < -0.3 is 34.3 Å². The lowest BCUT2D eigenvalue weighted by molar-refractivity contribution is -0.301. The van der Waals surface area contributed by atoms with Crippen LogP contribution in [0.3, 0.4) is 0 Å². The minimum absolute atomic E-state index is 0.0227. The average molecular weight is 993 g/mol.